The molecule has 1 aliphatic rings. The highest BCUT2D eigenvalue weighted by molar-refractivity contribution is 7.09. The summed E-state index contributed by atoms with van der Waals surface area (Å²) in [5.74, 6) is 0.706. The molecule has 3 heterocycles. The maximum Gasteiger partial charge on any atom is 0.269 e. The van der Waals surface area contributed by atoms with Crippen LogP contribution in [0.5, 0.6) is 5.75 Å². The van der Waals surface area contributed by atoms with Crippen LogP contribution < -0.4 is 15.4 Å². The van der Waals surface area contributed by atoms with E-state index in [2.05, 4.69) is 33.2 Å². The standard InChI is InChI=1S/C19H20N4O2S/c1-25-14-6-4-13(5-7-14)16-11-17-19(24)21-12-18(23(17)22-16)20-9-8-15-3-2-10-26-15/h2-7,10-11,18,20H,8-9,12H2,1H3,(H,21,24)/t18-/m1/s1. The Balaban J connectivity index is 1.52. The van der Waals surface area contributed by atoms with Crippen molar-refractivity contribution < 1.29 is 9.53 Å². The number of carbonyl (C=O) groups excluding carboxylic acids is 1. The molecule has 7 heteroatoms. The van der Waals surface area contributed by atoms with E-state index >= 15 is 0 Å². The first kappa shape index (κ1) is 16.8. The fourth-order valence-electron chi connectivity index (χ4n) is 3.05. The molecule has 0 radical (unpaired) electrons. The largest absolute Gasteiger partial charge is 0.497 e. The molecule has 0 aliphatic carbocycles. The molecule has 4 rings (SSSR count). The second kappa shape index (κ2) is 7.31. The van der Waals surface area contributed by atoms with E-state index in [4.69, 9.17) is 4.74 Å². The minimum Gasteiger partial charge on any atom is -0.497 e. The summed E-state index contributed by atoms with van der Waals surface area (Å²) in [5, 5.41) is 13.2. The zero-order valence-corrected chi connectivity index (χ0v) is 15.3. The molecule has 26 heavy (non-hydrogen) atoms. The van der Waals surface area contributed by atoms with Gasteiger partial charge in [0.25, 0.3) is 5.91 Å². The van der Waals surface area contributed by atoms with Crippen molar-refractivity contribution in [1.29, 1.82) is 0 Å². The maximum absolute atomic E-state index is 12.2. The number of benzene rings is 1. The second-order valence-electron chi connectivity index (χ2n) is 6.10. The summed E-state index contributed by atoms with van der Waals surface area (Å²) >= 11 is 1.76. The fraction of sp³-hybridized carbons (Fsp3) is 0.263. The number of thiophene rings is 1. The molecule has 6 nitrogen and oxygen atoms in total. The van der Waals surface area contributed by atoms with Crippen LogP contribution in [0.15, 0.2) is 47.8 Å². The molecule has 134 valence electrons. The van der Waals surface area contributed by atoms with Gasteiger partial charge < -0.3 is 10.1 Å². The van der Waals surface area contributed by atoms with E-state index in [1.807, 2.05) is 30.3 Å². The van der Waals surface area contributed by atoms with E-state index in [0.717, 1.165) is 30.0 Å². The van der Waals surface area contributed by atoms with Crippen LogP contribution in [0.2, 0.25) is 0 Å². The van der Waals surface area contributed by atoms with E-state index in [9.17, 15) is 4.79 Å². The van der Waals surface area contributed by atoms with Gasteiger partial charge in [0.2, 0.25) is 0 Å². The van der Waals surface area contributed by atoms with Crippen LogP contribution >= 0.6 is 11.3 Å². The molecule has 0 bridgehead atoms. The molecule has 0 saturated carbocycles. The molecular weight excluding hydrogens is 348 g/mol. The number of aromatic nitrogens is 2. The molecule has 0 saturated heterocycles. The highest BCUT2D eigenvalue weighted by atomic mass is 32.1. The molecule has 0 spiro atoms. The molecule has 2 aromatic heterocycles. The van der Waals surface area contributed by atoms with E-state index < -0.39 is 0 Å². The third-order valence-electron chi connectivity index (χ3n) is 4.44. The average molecular weight is 368 g/mol. The smallest absolute Gasteiger partial charge is 0.269 e. The SMILES string of the molecule is COc1ccc(-c2cc3n(n2)[C@@H](NCCc2cccs2)CNC3=O)cc1. The Bertz CT molecular complexity index is 887. The number of methoxy groups -OCH3 is 1. The highest BCUT2D eigenvalue weighted by Crippen LogP contribution is 2.24. The predicted molar refractivity (Wildman–Crippen MR) is 102 cm³/mol. The second-order valence-corrected chi connectivity index (χ2v) is 7.13. The van der Waals surface area contributed by atoms with Gasteiger partial charge in [-0.05, 0) is 48.2 Å². The zero-order chi connectivity index (χ0) is 17.9. The number of nitrogens with zero attached hydrogens (tertiary/aromatic N) is 2. The van der Waals surface area contributed by atoms with Gasteiger partial charge in [-0.1, -0.05) is 6.07 Å². The maximum atomic E-state index is 12.2. The number of carbonyl (C=O) groups is 1. The number of fused-ring (bicyclic) bond motifs is 1. The number of ether oxygens (including phenoxy) is 1. The average Bonchev–Trinajstić information content (AvgIpc) is 3.34. The van der Waals surface area contributed by atoms with Crippen LogP contribution in [-0.4, -0.2) is 35.9 Å². The summed E-state index contributed by atoms with van der Waals surface area (Å²) in [6.07, 6.45) is 0.916. The Morgan fingerprint density at radius 2 is 2.19 bits per heavy atom. The summed E-state index contributed by atoms with van der Waals surface area (Å²) in [6.45, 7) is 1.36. The van der Waals surface area contributed by atoms with Crippen molar-refractivity contribution in [1.82, 2.24) is 20.4 Å². The quantitative estimate of drug-likeness (QED) is 0.702. The lowest BCUT2D eigenvalue weighted by molar-refractivity contribution is 0.0901. The molecule has 3 aromatic rings. The van der Waals surface area contributed by atoms with Crippen LogP contribution in [0.3, 0.4) is 0 Å². The normalized spacial score (nSPS) is 16.2. The lowest BCUT2D eigenvalue weighted by Crippen LogP contribution is -2.45. The molecule has 0 fully saturated rings. The van der Waals surface area contributed by atoms with Crippen molar-refractivity contribution >= 4 is 17.2 Å². The van der Waals surface area contributed by atoms with Gasteiger partial charge in [0, 0.05) is 17.0 Å². The summed E-state index contributed by atoms with van der Waals surface area (Å²) in [7, 11) is 1.64. The minimum atomic E-state index is -0.0893. The predicted octanol–water partition coefficient (Wildman–Crippen LogP) is 2.69. The van der Waals surface area contributed by atoms with Crippen LogP contribution in [0, 0.1) is 0 Å². The third-order valence-corrected chi connectivity index (χ3v) is 5.37. The number of hydrogen-bond donors (Lipinski definition) is 2. The first-order chi connectivity index (χ1) is 12.7. The monoisotopic (exact) mass is 368 g/mol. The summed E-state index contributed by atoms with van der Waals surface area (Å²) < 4.78 is 6.99. The first-order valence-corrected chi connectivity index (χ1v) is 9.40. The Morgan fingerprint density at radius 1 is 1.35 bits per heavy atom. The number of rotatable bonds is 6. The van der Waals surface area contributed by atoms with Crippen molar-refractivity contribution in [2.24, 2.45) is 0 Å². The Labute approximate surface area is 155 Å². The lowest BCUT2D eigenvalue weighted by Gasteiger charge is -2.25. The Morgan fingerprint density at radius 3 is 2.92 bits per heavy atom. The van der Waals surface area contributed by atoms with Gasteiger partial charge in [-0.15, -0.1) is 11.3 Å². The van der Waals surface area contributed by atoms with Crippen molar-refractivity contribution in [2.75, 3.05) is 20.2 Å². The van der Waals surface area contributed by atoms with Gasteiger partial charge in [-0.25, -0.2) is 4.68 Å². The van der Waals surface area contributed by atoms with Crippen molar-refractivity contribution in [3.8, 4) is 17.0 Å². The van der Waals surface area contributed by atoms with Crippen LogP contribution in [-0.2, 0) is 6.42 Å². The molecule has 1 amide bonds. The van der Waals surface area contributed by atoms with Gasteiger partial charge in [-0.3, -0.25) is 10.1 Å². The molecule has 1 atom stereocenters. The van der Waals surface area contributed by atoms with Crippen molar-refractivity contribution in [3.05, 3.63) is 58.4 Å². The number of nitrogens with one attached hydrogen (secondary N) is 2. The van der Waals surface area contributed by atoms with Gasteiger partial charge in [0.1, 0.15) is 17.6 Å². The molecule has 1 aliphatic heterocycles. The summed E-state index contributed by atoms with van der Waals surface area (Å²) in [6, 6.07) is 13.7. The summed E-state index contributed by atoms with van der Waals surface area (Å²) in [5.41, 5.74) is 2.32. The minimum absolute atomic E-state index is 0.0466. The number of amides is 1. The Kier molecular flexibility index (Phi) is 4.73. The van der Waals surface area contributed by atoms with Crippen molar-refractivity contribution in [2.45, 2.75) is 12.6 Å². The van der Waals surface area contributed by atoms with E-state index in [-0.39, 0.29) is 12.1 Å². The van der Waals surface area contributed by atoms with Gasteiger partial charge in [0.05, 0.1) is 19.3 Å². The van der Waals surface area contributed by atoms with Gasteiger partial charge in [0.15, 0.2) is 0 Å². The van der Waals surface area contributed by atoms with E-state index in [0.29, 0.717) is 12.2 Å². The van der Waals surface area contributed by atoms with Gasteiger partial charge >= 0.3 is 0 Å². The van der Waals surface area contributed by atoms with E-state index in [1.54, 1.807) is 23.1 Å². The molecule has 2 N–H and O–H groups in total. The summed E-state index contributed by atoms with van der Waals surface area (Å²) in [4.78, 5) is 13.6. The fourth-order valence-corrected chi connectivity index (χ4v) is 3.76. The van der Waals surface area contributed by atoms with E-state index in [1.165, 1.54) is 4.88 Å². The topological polar surface area (TPSA) is 68.2 Å². The van der Waals surface area contributed by atoms with Crippen molar-refractivity contribution in [3.63, 3.8) is 0 Å². The zero-order valence-electron chi connectivity index (χ0n) is 14.4. The van der Waals surface area contributed by atoms with Crippen LogP contribution in [0.4, 0.5) is 0 Å². The van der Waals surface area contributed by atoms with Gasteiger partial charge in [-0.2, -0.15) is 5.10 Å². The number of hydrogen-bond acceptors (Lipinski definition) is 5. The highest BCUT2D eigenvalue weighted by Gasteiger charge is 2.27. The third kappa shape index (κ3) is 3.36. The molecule has 0 unspecified atom stereocenters. The lowest BCUT2D eigenvalue weighted by atomic mass is 10.1. The Hall–Kier alpha value is -2.64. The molecule has 1 aromatic carbocycles. The molecular formula is C19H20N4O2S. The first-order valence-electron chi connectivity index (χ1n) is 8.52. The van der Waals surface area contributed by atoms with Crippen LogP contribution in [0.1, 0.15) is 21.5 Å². The van der Waals surface area contributed by atoms with Crippen LogP contribution in [0.25, 0.3) is 11.3 Å².